The number of rotatable bonds is 4. The molecular weight excluding hydrogens is 260 g/mol. The molecule has 1 fully saturated rings. The molecule has 3 rings (SSSR count). The zero-order chi connectivity index (χ0) is 12.4. The van der Waals surface area contributed by atoms with Gasteiger partial charge in [-0.25, -0.2) is 0 Å². The molecular formula is C15H21ClN2O. The Morgan fingerprint density at radius 1 is 1.37 bits per heavy atom. The van der Waals surface area contributed by atoms with E-state index in [-0.39, 0.29) is 18.3 Å². The maximum absolute atomic E-state index is 12.2. The molecule has 0 spiro atoms. The van der Waals surface area contributed by atoms with Crippen molar-refractivity contribution in [2.24, 2.45) is 5.92 Å². The smallest absolute Gasteiger partial charge is 0.251 e. The highest BCUT2D eigenvalue weighted by Crippen LogP contribution is 2.31. The highest BCUT2D eigenvalue weighted by molar-refractivity contribution is 5.97. The van der Waals surface area contributed by atoms with Crippen molar-refractivity contribution < 1.29 is 4.79 Å². The molecule has 0 saturated heterocycles. The lowest BCUT2D eigenvalue weighted by molar-refractivity contribution is 0.0951. The van der Waals surface area contributed by atoms with E-state index in [4.69, 9.17) is 0 Å². The van der Waals surface area contributed by atoms with Crippen molar-refractivity contribution in [1.29, 1.82) is 0 Å². The maximum atomic E-state index is 12.2. The minimum atomic E-state index is 0. The molecule has 1 heterocycles. The lowest BCUT2D eigenvalue weighted by atomic mass is 9.97. The van der Waals surface area contributed by atoms with Crippen LogP contribution in [0.2, 0.25) is 0 Å². The quantitative estimate of drug-likeness (QED) is 0.890. The molecule has 0 aromatic heterocycles. The number of benzene rings is 1. The van der Waals surface area contributed by atoms with E-state index < -0.39 is 0 Å². The fourth-order valence-electron chi connectivity index (χ4n) is 2.61. The molecule has 3 nitrogen and oxygen atoms in total. The summed E-state index contributed by atoms with van der Waals surface area (Å²) in [5.74, 6) is 0.966. The van der Waals surface area contributed by atoms with Gasteiger partial charge in [0, 0.05) is 24.3 Å². The summed E-state index contributed by atoms with van der Waals surface area (Å²) >= 11 is 0. The summed E-state index contributed by atoms with van der Waals surface area (Å²) < 4.78 is 0. The molecule has 19 heavy (non-hydrogen) atoms. The van der Waals surface area contributed by atoms with E-state index in [0.29, 0.717) is 0 Å². The first kappa shape index (κ1) is 14.2. The number of hydrogen-bond donors (Lipinski definition) is 2. The first-order valence-electron chi connectivity index (χ1n) is 6.98. The summed E-state index contributed by atoms with van der Waals surface area (Å²) in [6, 6.07) is 5.97. The molecule has 0 unspecified atom stereocenters. The maximum Gasteiger partial charge on any atom is 0.251 e. The number of anilines is 1. The van der Waals surface area contributed by atoms with E-state index in [1.54, 1.807) is 0 Å². The Kier molecular flexibility index (Phi) is 4.70. The Bertz CT molecular complexity index is 457. The van der Waals surface area contributed by atoms with Crippen LogP contribution >= 0.6 is 12.4 Å². The molecule has 0 bridgehead atoms. The number of fused-ring (bicyclic) bond motifs is 1. The van der Waals surface area contributed by atoms with Crippen LogP contribution in [-0.2, 0) is 6.42 Å². The molecule has 1 saturated carbocycles. The average Bonchev–Trinajstić information content (AvgIpc) is 3.22. The highest BCUT2D eigenvalue weighted by atomic mass is 35.5. The fraction of sp³-hybridized carbons (Fsp3) is 0.533. The first-order chi connectivity index (χ1) is 8.84. The van der Waals surface area contributed by atoms with Crippen LogP contribution in [-0.4, -0.2) is 19.0 Å². The van der Waals surface area contributed by atoms with Gasteiger partial charge in [-0.3, -0.25) is 4.79 Å². The molecule has 1 aliphatic carbocycles. The van der Waals surface area contributed by atoms with Crippen LogP contribution < -0.4 is 10.6 Å². The zero-order valence-electron chi connectivity index (χ0n) is 11.1. The van der Waals surface area contributed by atoms with Gasteiger partial charge in [-0.05, 0) is 42.9 Å². The Balaban J connectivity index is 0.00000133. The second kappa shape index (κ2) is 6.29. The van der Waals surface area contributed by atoms with Gasteiger partial charge in [-0.2, -0.15) is 0 Å². The van der Waals surface area contributed by atoms with Crippen molar-refractivity contribution in [2.45, 2.75) is 32.1 Å². The van der Waals surface area contributed by atoms with Gasteiger partial charge in [-0.15, -0.1) is 12.4 Å². The van der Waals surface area contributed by atoms with Crippen LogP contribution in [0.3, 0.4) is 0 Å². The largest absolute Gasteiger partial charge is 0.385 e. The van der Waals surface area contributed by atoms with Crippen LogP contribution in [0.4, 0.5) is 5.69 Å². The predicted octanol–water partition coefficient (Wildman–Crippen LogP) is 3.00. The standard InChI is InChI=1S/C15H20N2O.ClH/c18-15(17-10-8-11-6-7-11)13-3-1-5-14-12(13)4-2-9-16-14;/h1,3,5,11,16H,2,4,6-10H2,(H,17,18);1H. The van der Waals surface area contributed by atoms with Crippen molar-refractivity contribution in [3.63, 3.8) is 0 Å². The minimum Gasteiger partial charge on any atom is -0.385 e. The van der Waals surface area contributed by atoms with Crippen molar-refractivity contribution in [3.05, 3.63) is 29.3 Å². The summed E-state index contributed by atoms with van der Waals surface area (Å²) in [5.41, 5.74) is 3.18. The third kappa shape index (κ3) is 3.41. The average molecular weight is 281 g/mol. The van der Waals surface area contributed by atoms with Crippen LogP contribution in [0.15, 0.2) is 18.2 Å². The predicted molar refractivity (Wildman–Crippen MR) is 80.2 cm³/mol. The molecule has 0 atom stereocenters. The molecule has 1 aliphatic heterocycles. The third-order valence-electron chi connectivity index (χ3n) is 3.87. The van der Waals surface area contributed by atoms with E-state index in [0.717, 1.165) is 49.5 Å². The summed E-state index contributed by atoms with van der Waals surface area (Å²) in [7, 11) is 0. The number of carbonyl (C=O) groups excluding carboxylic acids is 1. The van der Waals surface area contributed by atoms with Crippen LogP contribution in [0, 0.1) is 5.92 Å². The Labute approximate surface area is 120 Å². The van der Waals surface area contributed by atoms with Gasteiger partial charge in [0.2, 0.25) is 0 Å². The summed E-state index contributed by atoms with van der Waals surface area (Å²) in [6.07, 6.45) is 5.95. The van der Waals surface area contributed by atoms with Crippen molar-refractivity contribution in [1.82, 2.24) is 5.32 Å². The summed E-state index contributed by atoms with van der Waals surface area (Å²) in [4.78, 5) is 12.2. The summed E-state index contributed by atoms with van der Waals surface area (Å²) in [5, 5.41) is 6.42. The van der Waals surface area contributed by atoms with E-state index in [1.807, 2.05) is 12.1 Å². The normalized spacial score (nSPS) is 16.8. The van der Waals surface area contributed by atoms with Crippen LogP contribution in [0.5, 0.6) is 0 Å². The number of carbonyl (C=O) groups is 1. The van der Waals surface area contributed by atoms with Crippen molar-refractivity contribution in [3.8, 4) is 0 Å². The minimum absolute atomic E-state index is 0. The second-order valence-corrected chi connectivity index (χ2v) is 5.35. The van der Waals surface area contributed by atoms with E-state index in [1.165, 1.54) is 18.4 Å². The zero-order valence-corrected chi connectivity index (χ0v) is 11.9. The number of hydrogen-bond acceptors (Lipinski definition) is 2. The third-order valence-corrected chi connectivity index (χ3v) is 3.87. The van der Waals surface area contributed by atoms with Gasteiger partial charge >= 0.3 is 0 Å². The molecule has 2 aliphatic rings. The van der Waals surface area contributed by atoms with E-state index in [9.17, 15) is 4.79 Å². The van der Waals surface area contributed by atoms with Gasteiger partial charge in [0.05, 0.1) is 0 Å². The van der Waals surface area contributed by atoms with E-state index >= 15 is 0 Å². The lowest BCUT2D eigenvalue weighted by Gasteiger charge is -2.20. The second-order valence-electron chi connectivity index (χ2n) is 5.35. The molecule has 2 N–H and O–H groups in total. The molecule has 1 amide bonds. The molecule has 1 aromatic carbocycles. The van der Waals surface area contributed by atoms with Gasteiger partial charge < -0.3 is 10.6 Å². The first-order valence-corrected chi connectivity index (χ1v) is 6.98. The topological polar surface area (TPSA) is 41.1 Å². The molecule has 1 aromatic rings. The van der Waals surface area contributed by atoms with Crippen LogP contribution in [0.25, 0.3) is 0 Å². The number of amides is 1. The van der Waals surface area contributed by atoms with Gasteiger partial charge in [0.1, 0.15) is 0 Å². The monoisotopic (exact) mass is 280 g/mol. The molecule has 104 valence electrons. The van der Waals surface area contributed by atoms with Crippen molar-refractivity contribution in [2.75, 3.05) is 18.4 Å². The molecule has 4 heteroatoms. The Morgan fingerprint density at radius 3 is 3.00 bits per heavy atom. The SMILES string of the molecule is Cl.O=C(NCCC1CC1)c1cccc2c1CCCN2. The lowest BCUT2D eigenvalue weighted by Crippen LogP contribution is -2.27. The van der Waals surface area contributed by atoms with Gasteiger partial charge in [-0.1, -0.05) is 18.9 Å². The fourth-order valence-corrected chi connectivity index (χ4v) is 2.61. The summed E-state index contributed by atoms with van der Waals surface area (Å²) in [6.45, 7) is 1.83. The number of nitrogens with one attached hydrogen (secondary N) is 2. The van der Waals surface area contributed by atoms with Gasteiger partial charge in [0.25, 0.3) is 5.91 Å². The van der Waals surface area contributed by atoms with Crippen molar-refractivity contribution >= 4 is 24.0 Å². The molecule has 0 radical (unpaired) electrons. The van der Waals surface area contributed by atoms with E-state index in [2.05, 4.69) is 16.7 Å². The highest BCUT2D eigenvalue weighted by Gasteiger charge is 2.21. The number of halogens is 1. The van der Waals surface area contributed by atoms with Crippen LogP contribution in [0.1, 0.15) is 41.6 Å². The Morgan fingerprint density at radius 2 is 2.21 bits per heavy atom. The van der Waals surface area contributed by atoms with Gasteiger partial charge in [0.15, 0.2) is 0 Å². The Hall–Kier alpha value is -1.22.